The van der Waals surface area contributed by atoms with Crippen LogP contribution in [0.1, 0.15) is 18.7 Å². The molecule has 0 unspecified atom stereocenters. The molecule has 2 fully saturated rings. The first-order valence-electron chi connectivity index (χ1n) is 11.0. The third-order valence-corrected chi connectivity index (χ3v) is 6.00. The van der Waals surface area contributed by atoms with Crippen LogP contribution in [-0.4, -0.2) is 95.0 Å². The molecule has 11 heteroatoms. The first kappa shape index (κ1) is 23.2. The maximum Gasteiger partial charge on any atom is 0.312 e. The summed E-state index contributed by atoms with van der Waals surface area (Å²) < 4.78 is 10.5. The lowest BCUT2D eigenvalue weighted by atomic mass is 10.2. The van der Waals surface area contributed by atoms with Crippen LogP contribution in [0.3, 0.4) is 0 Å². The van der Waals surface area contributed by atoms with Crippen LogP contribution in [0.25, 0.3) is 11.4 Å². The fourth-order valence-corrected chi connectivity index (χ4v) is 3.94. The van der Waals surface area contributed by atoms with Gasteiger partial charge in [0.1, 0.15) is 0 Å². The van der Waals surface area contributed by atoms with E-state index in [1.54, 1.807) is 17.0 Å². The lowest BCUT2D eigenvalue weighted by Crippen LogP contribution is -2.55. The van der Waals surface area contributed by atoms with Crippen molar-refractivity contribution in [1.82, 2.24) is 24.8 Å². The quantitative estimate of drug-likeness (QED) is 0.598. The predicted octanol–water partition coefficient (Wildman–Crippen LogP) is 1.24. The van der Waals surface area contributed by atoms with Gasteiger partial charge in [-0.1, -0.05) is 16.8 Å². The number of hydrogen-bond donors (Lipinski definition) is 0. The molecule has 4 rings (SSSR count). The Hall–Kier alpha value is -2.98. The number of amides is 3. The molecule has 1 aromatic heterocycles. The number of carbonyl (C=O) groups excluding carboxylic acids is 3. The first-order chi connectivity index (χ1) is 16.0. The Morgan fingerprint density at radius 1 is 0.879 bits per heavy atom. The van der Waals surface area contributed by atoms with Crippen LogP contribution < -0.4 is 0 Å². The number of carbonyl (C=O) groups is 3. The molecule has 0 spiro atoms. The predicted molar refractivity (Wildman–Crippen MR) is 118 cm³/mol. The van der Waals surface area contributed by atoms with Crippen molar-refractivity contribution in [1.29, 1.82) is 0 Å². The largest absolute Gasteiger partial charge is 0.378 e. The van der Waals surface area contributed by atoms with E-state index in [4.69, 9.17) is 20.9 Å². The van der Waals surface area contributed by atoms with Crippen molar-refractivity contribution >= 4 is 29.3 Å². The van der Waals surface area contributed by atoms with Crippen molar-refractivity contribution in [3.05, 3.63) is 35.2 Å². The summed E-state index contributed by atoms with van der Waals surface area (Å²) in [4.78, 5) is 46.6. The molecule has 10 nitrogen and oxygen atoms in total. The van der Waals surface area contributed by atoms with E-state index >= 15 is 0 Å². The van der Waals surface area contributed by atoms with E-state index in [2.05, 4.69) is 10.1 Å². The summed E-state index contributed by atoms with van der Waals surface area (Å²) in [5, 5.41) is 4.61. The van der Waals surface area contributed by atoms with Crippen LogP contribution in [0.2, 0.25) is 5.02 Å². The standard InChI is InChI=1S/C22H26ClN5O5/c23-17-6-4-16(5-7-17)20-24-18(33-25-20)2-1-3-19(29)26-8-10-27(11-9-26)21(30)22(31)28-12-14-32-15-13-28/h4-7H,1-3,8-15H2. The molecule has 2 saturated heterocycles. The summed E-state index contributed by atoms with van der Waals surface area (Å²) in [6.07, 6.45) is 1.42. The molecule has 3 heterocycles. The first-order valence-corrected chi connectivity index (χ1v) is 11.4. The minimum absolute atomic E-state index is 0.0130. The molecule has 3 amide bonds. The number of piperazine rings is 1. The highest BCUT2D eigenvalue weighted by Gasteiger charge is 2.31. The van der Waals surface area contributed by atoms with Crippen LogP contribution >= 0.6 is 11.6 Å². The Morgan fingerprint density at radius 3 is 2.15 bits per heavy atom. The summed E-state index contributed by atoms with van der Waals surface area (Å²) >= 11 is 5.90. The summed E-state index contributed by atoms with van der Waals surface area (Å²) in [6, 6.07) is 7.16. The van der Waals surface area contributed by atoms with E-state index in [-0.39, 0.29) is 5.91 Å². The maximum absolute atomic E-state index is 12.6. The average Bonchev–Trinajstić information content (AvgIpc) is 3.33. The number of halogens is 1. The van der Waals surface area contributed by atoms with Gasteiger partial charge in [0.25, 0.3) is 0 Å². The Morgan fingerprint density at radius 2 is 1.48 bits per heavy atom. The highest BCUT2D eigenvalue weighted by atomic mass is 35.5. The van der Waals surface area contributed by atoms with Crippen molar-refractivity contribution in [3.63, 3.8) is 0 Å². The fraction of sp³-hybridized carbons (Fsp3) is 0.500. The zero-order valence-electron chi connectivity index (χ0n) is 18.2. The lowest BCUT2D eigenvalue weighted by Gasteiger charge is -2.36. The van der Waals surface area contributed by atoms with Crippen LogP contribution in [0.4, 0.5) is 0 Å². The van der Waals surface area contributed by atoms with Crippen molar-refractivity contribution in [2.75, 3.05) is 52.5 Å². The summed E-state index contributed by atoms with van der Waals surface area (Å²) in [5.74, 6) is -0.0169. The van der Waals surface area contributed by atoms with Gasteiger partial charge >= 0.3 is 11.8 Å². The maximum atomic E-state index is 12.6. The van der Waals surface area contributed by atoms with Gasteiger partial charge < -0.3 is 24.0 Å². The molecule has 2 aromatic rings. The number of benzene rings is 1. The van der Waals surface area contributed by atoms with Gasteiger partial charge in [-0.2, -0.15) is 4.98 Å². The minimum Gasteiger partial charge on any atom is -0.378 e. The third kappa shape index (κ3) is 5.88. The monoisotopic (exact) mass is 475 g/mol. The highest BCUT2D eigenvalue weighted by molar-refractivity contribution is 6.35. The number of hydrogen-bond acceptors (Lipinski definition) is 7. The number of morpholine rings is 1. The van der Waals surface area contributed by atoms with Crippen molar-refractivity contribution < 1.29 is 23.6 Å². The number of aromatic nitrogens is 2. The Labute approximate surface area is 196 Å². The van der Waals surface area contributed by atoms with Gasteiger partial charge in [-0.15, -0.1) is 0 Å². The van der Waals surface area contributed by atoms with Crippen LogP contribution in [-0.2, 0) is 25.5 Å². The molecular weight excluding hydrogens is 450 g/mol. The van der Waals surface area contributed by atoms with E-state index in [0.29, 0.717) is 88.5 Å². The van der Waals surface area contributed by atoms with Crippen LogP contribution in [0, 0.1) is 0 Å². The normalized spacial score (nSPS) is 16.7. The molecule has 1 aromatic carbocycles. The second-order valence-corrected chi connectivity index (χ2v) is 8.39. The number of rotatable bonds is 5. The second-order valence-electron chi connectivity index (χ2n) is 7.95. The van der Waals surface area contributed by atoms with Crippen LogP contribution in [0.15, 0.2) is 28.8 Å². The lowest BCUT2D eigenvalue weighted by molar-refractivity contribution is -0.155. The summed E-state index contributed by atoms with van der Waals surface area (Å²) in [6.45, 7) is 3.32. The van der Waals surface area contributed by atoms with E-state index in [0.717, 1.165) is 5.56 Å². The molecule has 0 bridgehead atoms. The van der Waals surface area contributed by atoms with Gasteiger partial charge in [0.15, 0.2) is 0 Å². The molecule has 0 saturated carbocycles. The van der Waals surface area contributed by atoms with Crippen molar-refractivity contribution in [2.45, 2.75) is 19.3 Å². The molecular formula is C22H26ClN5O5. The van der Waals surface area contributed by atoms with Gasteiger partial charge in [0, 0.05) is 62.7 Å². The van der Waals surface area contributed by atoms with E-state index in [1.807, 2.05) is 12.1 Å². The molecule has 0 aliphatic carbocycles. The van der Waals surface area contributed by atoms with E-state index in [9.17, 15) is 14.4 Å². The van der Waals surface area contributed by atoms with Gasteiger partial charge in [-0.25, -0.2) is 0 Å². The molecule has 0 radical (unpaired) electrons. The van der Waals surface area contributed by atoms with Gasteiger partial charge in [0.05, 0.1) is 13.2 Å². The van der Waals surface area contributed by atoms with Gasteiger partial charge in [0.2, 0.25) is 17.6 Å². The minimum atomic E-state index is -0.503. The molecule has 176 valence electrons. The van der Waals surface area contributed by atoms with Gasteiger partial charge in [-0.3, -0.25) is 14.4 Å². The van der Waals surface area contributed by atoms with Crippen molar-refractivity contribution in [3.8, 4) is 11.4 Å². The zero-order chi connectivity index (χ0) is 23.2. The highest BCUT2D eigenvalue weighted by Crippen LogP contribution is 2.19. The van der Waals surface area contributed by atoms with E-state index in [1.165, 1.54) is 9.80 Å². The average molecular weight is 476 g/mol. The topological polar surface area (TPSA) is 109 Å². The number of nitrogens with zero attached hydrogens (tertiary/aromatic N) is 5. The number of aryl methyl sites for hydroxylation is 1. The van der Waals surface area contributed by atoms with Crippen molar-refractivity contribution in [2.24, 2.45) is 0 Å². The molecule has 2 aliphatic rings. The Bertz CT molecular complexity index is 981. The fourth-order valence-electron chi connectivity index (χ4n) is 3.82. The van der Waals surface area contributed by atoms with E-state index < -0.39 is 11.8 Å². The second kappa shape index (κ2) is 10.8. The van der Waals surface area contributed by atoms with Crippen LogP contribution in [0.5, 0.6) is 0 Å². The Balaban J connectivity index is 1.19. The molecule has 0 N–H and O–H groups in total. The summed E-state index contributed by atoms with van der Waals surface area (Å²) in [7, 11) is 0. The number of ether oxygens (including phenoxy) is 1. The third-order valence-electron chi connectivity index (χ3n) is 5.75. The zero-order valence-corrected chi connectivity index (χ0v) is 19.0. The molecule has 2 aliphatic heterocycles. The smallest absolute Gasteiger partial charge is 0.312 e. The SMILES string of the molecule is O=C(CCCc1nc(-c2ccc(Cl)cc2)no1)N1CCN(C(=O)C(=O)N2CCOCC2)CC1. The summed E-state index contributed by atoms with van der Waals surface area (Å²) in [5.41, 5.74) is 0.810. The molecule has 0 atom stereocenters. The van der Waals surface area contributed by atoms with Gasteiger partial charge in [-0.05, 0) is 30.7 Å². The Kier molecular flexibility index (Phi) is 7.56. The molecule has 33 heavy (non-hydrogen) atoms.